The minimum Gasteiger partial charge on any atom is -0.352 e. The summed E-state index contributed by atoms with van der Waals surface area (Å²) in [5.74, 6) is 0.0371. The maximum Gasteiger partial charge on any atom is 0.217 e. The fourth-order valence-corrected chi connectivity index (χ4v) is 3.49. The van der Waals surface area contributed by atoms with Crippen molar-refractivity contribution in [2.75, 3.05) is 13.1 Å². The van der Waals surface area contributed by atoms with Gasteiger partial charge in [-0.15, -0.1) is 0 Å². The molecule has 1 aromatic rings. The van der Waals surface area contributed by atoms with Gasteiger partial charge in [-0.3, -0.25) is 9.69 Å². The van der Waals surface area contributed by atoms with Crippen molar-refractivity contribution in [3.05, 3.63) is 34.3 Å². The summed E-state index contributed by atoms with van der Waals surface area (Å²) >= 11 is 3.62. The molecule has 3 atom stereocenters. The van der Waals surface area contributed by atoms with E-state index in [0.717, 1.165) is 24.0 Å². The molecule has 0 aliphatic carbocycles. The van der Waals surface area contributed by atoms with Crippen LogP contribution in [0.1, 0.15) is 31.9 Å². The van der Waals surface area contributed by atoms with Crippen LogP contribution < -0.4 is 11.1 Å². The summed E-state index contributed by atoms with van der Waals surface area (Å²) < 4.78 is 1.09. The number of halogens is 1. The van der Waals surface area contributed by atoms with Gasteiger partial charge in [-0.2, -0.15) is 0 Å². The van der Waals surface area contributed by atoms with Crippen molar-refractivity contribution in [2.45, 2.75) is 38.4 Å². The highest BCUT2D eigenvalue weighted by atomic mass is 79.9. The highest BCUT2D eigenvalue weighted by Crippen LogP contribution is 2.32. The molecule has 0 spiro atoms. The Labute approximate surface area is 128 Å². The Morgan fingerprint density at radius 2 is 2.20 bits per heavy atom. The monoisotopic (exact) mass is 339 g/mol. The highest BCUT2D eigenvalue weighted by molar-refractivity contribution is 9.10. The first-order valence-corrected chi connectivity index (χ1v) is 7.79. The van der Waals surface area contributed by atoms with Gasteiger partial charge in [0.2, 0.25) is 5.91 Å². The average molecular weight is 340 g/mol. The zero-order valence-electron chi connectivity index (χ0n) is 12.0. The molecular weight excluding hydrogens is 318 g/mol. The van der Waals surface area contributed by atoms with Crippen molar-refractivity contribution in [2.24, 2.45) is 5.73 Å². The predicted octanol–water partition coefficient (Wildman–Crippen LogP) is 2.05. The molecule has 110 valence electrons. The van der Waals surface area contributed by atoms with Gasteiger partial charge in [0.15, 0.2) is 0 Å². The van der Waals surface area contributed by atoms with E-state index in [1.807, 2.05) is 25.1 Å². The fourth-order valence-electron chi connectivity index (χ4n) is 2.97. The molecule has 1 fully saturated rings. The smallest absolute Gasteiger partial charge is 0.217 e. The molecule has 0 aromatic heterocycles. The second kappa shape index (κ2) is 6.70. The number of nitrogens with zero attached hydrogens (tertiary/aromatic N) is 1. The molecule has 1 saturated heterocycles. The van der Waals surface area contributed by atoms with Crippen molar-refractivity contribution in [1.82, 2.24) is 10.2 Å². The molecule has 4 nitrogen and oxygen atoms in total. The molecule has 0 saturated carbocycles. The Morgan fingerprint density at radius 3 is 2.80 bits per heavy atom. The third kappa shape index (κ3) is 3.59. The number of carbonyl (C=O) groups is 1. The van der Waals surface area contributed by atoms with Crippen LogP contribution in [0.5, 0.6) is 0 Å². The molecule has 2 rings (SSSR count). The molecule has 3 N–H and O–H groups in total. The second-order valence-corrected chi connectivity index (χ2v) is 6.36. The topological polar surface area (TPSA) is 58.4 Å². The maximum absolute atomic E-state index is 11.2. The summed E-state index contributed by atoms with van der Waals surface area (Å²) in [6.07, 6.45) is 0.979. The molecule has 1 heterocycles. The molecule has 1 amide bonds. The van der Waals surface area contributed by atoms with Crippen molar-refractivity contribution in [3.63, 3.8) is 0 Å². The van der Waals surface area contributed by atoms with Gasteiger partial charge < -0.3 is 11.1 Å². The van der Waals surface area contributed by atoms with Crippen LogP contribution in [0.25, 0.3) is 0 Å². The average Bonchev–Trinajstić information content (AvgIpc) is 2.79. The molecule has 20 heavy (non-hydrogen) atoms. The van der Waals surface area contributed by atoms with Crippen LogP contribution >= 0.6 is 15.9 Å². The lowest BCUT2D eigenvalue weighted by Gasteiger charge is -2.32. The first-order chi connectivity index (χ1) is 9.49. The quantitative estimate of drug-likeness (QED) is 0.882. The minimum absolute atomic E-state index is 0.0322. The second-order valence-electron chi connectivity index (χ2n) is 5.51. The van der Waals surface area contributed by atoms with Gasteiger partial charge in [0, 0.05) is 36.6 Å². The molecule has 1 aliphatic rings. The van der Waals surface area contributed by atoms with E-state index in [9.17, 15) is 4.79 Å². The lowest BCUT2D eigenvalue weighted by Crippen LogP contribution is -2.41. The van der Waals surface area contributed by atoms with Crippen LogP contribution in [0.3, 0.4) is 0 Å². The summed E-state index contributed by atoms with van der Waals surface area (Å²) in [6.45, 7) is 5.42. The Balaban J connectivity index is 2.15. The Bertz CT molecular complexity index is 478. The fraction of sp³-hybridized carbons (Fsp3) is 0.533. The number of rotatable bonds is 4. The van der Waals surface area contributed by atoms with E-state index in [1.54, 1.807) is 6.92 Å². The van der Waals surface area contributed by atoms with E-state index in [1.165, 1.54) is 5.56 Å². The Morgan fingerprint density at radius 1 is 1.50 bits per heavy atom. The first-order valence-electron chi connectivity index (χ1n) is 7.00. The number of nitrogens with two attached hydrogens (primary N) is 1. The van der Waals surface area contributed by atoms with Crippen LogP contribution in [0.4, 0.5) is 0 Å². The maximum atomic E-state index is 11.2. The minimum atomic E-state index is 0.0322. The van der Waals surface area contributed by atoms with E-state index in [0.29, 0.717) is 0 Å². The summed E-state index contributed by atoms with van der Waals surface area (Å²) in [5, 5.41) is 3.00. The lowest BCUT2D eigenvalue weighted by atomic mass is 9.99. The standard InChI is InChI=1S/C15H22BrN3O/c1-10(17)15(13-5-3-4-6-14(13)16)19-8-7-12(9-19)18-11(2)20/h3-6,10,12,15H,7-9,17H2,1-2H3,(H,18,20). The van der Waals surface area contributed by atoms with Crippen LogP contribution in [0, 0.1) is 0 Å². The van der Waals surface area contributed by atoms with Gasteiger partial charge in [0.1, 0.15) is 0 Å². The van der Waals surface area contributed by atoms with Gasteiger partial charge in [0.25, 0.3) is 0 Å². The van der Waals surface area contributed by atoms with Crippen molar-refractivity contribution >= 4 is 21.8 Å². The summed E-state index contributed by atoms with van der Waals surface area (Å²) in [7, 11) is 0. The molecule has 1 aromatic carbocycles. The Hall–Kier alpha value is -0.910. The van der Waals surface area contributed by atoms with E-state index in [-0.39, 0.29) is 24.0 Å². The highest BCUT2D eigenvalue weighted by Gasteiger charge is 2.32. The number of nitrogens with one attached hydrogen (secondary N) is 1. The van der Waals surface area contributed by atoms with E-state index in [4.69, 9.17) is 5.73 Å². The summed E-state index contributed by atoms with van der Waals surface area (Å²) in [5.41, 5.74) is 7.43. The normalized spacial score (nSPS) is 22.5. The largest absolute Gasteiger partial charge is 0.352 e. The van der Waals surface area contributed by atoms with Gasteiger partial charge in [0.05, 0.1) is 6.04 Å². The first kappa shape index (κ1) is 15.5. The molecule has 1 aliphatic heterocycles. The number of hydrogen-bond acceptors (Lipinski definition) is 3. The van der Waals surface area contributed by atoms with Crippen LogP contribution in [0.15, 0.2) is 28.7 Å². The molecule has 0 radical (unpaired) electrons. The molecule has 3 unspecified atom stereocenters. The zero-order valence-corrected chi connectivity index (χ0v) is 13.6. The van der Waals surface area contributed by atoms with Crippen LogP contribution in [0.2, 0.25) is 0 Å². The van der Waals surface area contributed by atoms with Crippen molar-refractivity contribution in [3.8, 4) is 0 Å². The number of benzene rings is 1. The third-order valence-electron chi connectivity index (χ3n) is 3.74. The van der Waals surface area contributed by atoms with E-state index >= 15 is 0 Å². The van der Waals surface area contributed by atoms with Gasteiger partial charge >= 0.3 is 0 Å². The van der Waals surface area contributed by atoms with Gasteiger partial charge in [-0.05, 0) is 25.0 Å². The van der Waals surface area contributed by atoms with Crippen molar-refractivity contribution < 1.29 is 4.79 Å². The SMILES string of the molecule is CC(=O)NC1CCN(C(c2ccccc2Br)C(C)N)C1. The van der Waals surface area contributed by atoms with E-state index in [2.05, 4.69) is 32.2 Å². The zero-order chi connectivity index (χ0) is 14.7. The van der Waals surface area contributed by atoms with Crippen LogP contribution in [-0.4, -0.2) is 36.0 Å². The number of amides is 1. The predicted molar refractivity (Wildman–Crippen MR) is 84.3 cm³/mol. The van der Waals surface area contributed by atoms with Gasteiger partial charge in [-0.25, -0.2) is 0 Å². The molecule has 0 bridgehead atoms. The summed E-state index contributed by atoms with van der Waals surface area (Å²) in [4.78, 5) is 13.5. The number of carbonyl (C=O) groups excluding carboxylic acids is 1. The third-order valence-corrected chi connectivity index (χ3v) is 4.46. The van der Waals surface area contributed by atoms with Crippen molar-refractivity contribution in [1.29, 1.82) is 0 Å². The Kier molecular flexibility index (Phi) is 5.18. The molecule has 5 heteroatoms. The van der Waals surface area contributed by atoms with Gasteiger partial charge in [-0.1, -0.05) is 34.1 Å². The van der Waals surface area contributed by atoms with Crippen LogP contribution in [-0.2, 0) is 4.79 Å². The molecular formula is C15H22BrN3O. The van der Waals surface area contributed by atoms with E-state index < -0.39 is 0 Å². The lowest BCUT2D eigenvalue weighted by molar-refractivity contribution is -0.119. The summed E-state index contributed by atoms with van der Waals surface area (Å²) in [6, 6.07) is 8.65. The number of hydrogen-bond donors (Lipinski definition) is 2. The number of likely N-dealkylation sites (tertiary alicyclic amines) is 1.